The number of aliphatic hydroxyl groups is 1. The van der Waals surface area contributed by atoms with Gasteiger partial charge in [0.05, 0.1) is 41.1 Å². The van der Waals surface area contributed by atoms with E-state index in [1.807, 2.05) is 52.0 Å². The summed E-state index contributed by atoms with van der Waals surface area (Å²) in [6, 6.07) is 8.41. The maximum Gasteiger partial charge on any atom is 0.257 e. The topological polar surface area (TPSA) is 175 Å². The van der Waals surface area contributed by atoms with Crippen LogP contribution in [0.2, 0.25) is 0 Å². The zero-order valence-corrected chi connectivity index (χ0v) is 37.1. The minimum Gasteiger partial charge on any atom is -0.480 e. The highest BCUT2D eigenvalue weighted by Crippen LogP contribution is 2.37. The number of thiazole rings is 2. The fourth-order valence-electron chi connectivity index (χ4n) is 7.36. The van der Waals surface area contributed by atoms with Crippen LogP contribution in [-0.2, 0) is 30.5 Å². The van der Waals surface area contributed by atoms with Crippen LogP contribution in [0.4, 0.5) is 13.9 Å². The molecule has 4 N–H and O–H groups in total. The molecule has 6 rings (SSSR count). The Morgan fingerprint density at radius 1 is 0.984 bits per heavy atom. The van der Waals surface area contributed by atoms with Gasteiger partial charge in [0.15, 0.2) is 23.3 Å². The highest BCUT2D eigenvalue weighted by molar-refractivity contribution is 7.14. The minimum atomic E-state index is -1.20. The molecular weight excluding hydrogens is 841 g/mol. The number of benzene rings is 2. The van der Waals surface area contributed by atoms with Gasteiger partial charge in [-0.05, 0) is 48.4 Å². The van der Waals surface area contributed by atoms with E-state index in [-0.39, 0.29) is 49.1 Å². The number of carbonyl (C=O) groups is 4. The number of nitrogens with zero attached hydrogens (tertiary/aromatic N) is 4. The molecule has 334 valence electrons. The Bertz CT molecular complexity index is 2170. The first-order valence-electron chi connectivity index (χ1n) is 20.9. The first kappa shape index (κ1) is 46.5. The van der Waals surface area contributed by atoms with Crippen LogP contribution in [0, 0.1) is 24.0 Å². The Hall–Kier alpha value is -5.04. The molecule has 4 aromatic rings. The number of β-amino-alcohol motifs (C(OH)–C–C–N with tert-alkyl or cyclic N) is 1. The first-order valence-corrected chi connectivity index (χ1v) is 22.7. The minimum absolute atomic E-state index is 0.0171. The summed E-state index contributed by atoms with van der Waals surface area (Å²) in [5, 5.41) is 21.6. The average Bonchev–Trinajstić information content (AvgIpc) is 4.02. The number of aliphatic hydroxyl groups excluding tert-OH is 1. The molecule has 3 atom stereocenters. The number of halogens is 2. The van der Waals surface area contributed by atoms with Gasteiger partial charge in [0.1, 0.15) is 12.1 Å². The number of aromatic nitrogens is 2. The van der Waals surface area contributed by atoms with Crippen molar-refractivity contribution in [3.8, 4) is 27.4 Å². The third kappa shape index (κ3) is 12.1. The molecule has 4 amide bonds. The molecule has 0 bridgehead atoms. The summed E-state index contributed by atoms with van der Waals surface area (Å²) >= 11 is 2.94. The predicted molar refractivity (Wildman–Crippen MR) is 234 cm³/mol. The van der Waals surface area contributed by atoms with Crippen molar-refractivity contribution in [3.05, 3.63) is 70.2 Å². The lowest BCUT2D eigenvalue weighted by Crippen LogP contribution is -2.57. The zero-order valence-electron chi connectivity index (χ0n) is 35.5. The van der Waals surface area contributed by atoms with Gasteiger partial charge in [0.2, 0.25) is 23.5 Å². The molecule has 2 aliphatic heterocycles. The molecule has 14 nitrogen and oxygen atoms in total. The fraction of sp³-hybridized carbons (Fsp3) is 0.500. The second-order valence-electron chi connectivity index (χ2n) is 16.6. The fourth-order valence-corrected chi connectivity index (χ4v) is 9.05. The van der Waals surface area contributed by atoms with Gasteiger partial charge in [-0.2, -0.15) is 4.39 Å². The van der Waals surface area contributed by atoms with Crippen LogP contribution in [0.1, 0.15) is 70.6 Å². The summed E-state index contributed by atoms with van der Waals surface area (Å²) in [7, 11) is 0. The van der Waals surface area contributed by atoms with E-state index in [4.69, 9.17) is 9.47 Å². The van der Waals surface area contributed by atoms with E-state index >= 15 is 0 Å². The summed E-state index contributed by atoms with van der Waals surface area (Å²) in [4.78, 5) is 66.5. The van der Waals surface area contributed by atoms with Gasteiger partial charge >= 0.3 is 0 Å². The van der Waals surface area contributed by atoms with E-state index in [1.54, 1.807) is 22.2 Å². The Balaban J connectivity index is 0.908. The van der Waals surface area contributed by atoms with Gasteiger partial charge in [0, 0.05) is 56.5 Å². The van der Waals surface area contributed by atoms with Crippen LogP contribution >= 0.6 is 22.7 Å². The molecule has 4 heterocycles. The van der Waals surface area contributed by atoms with Crippen LogP contribution < -0.4 is 25.6 Å². The molecule has 62 heavy (non-hydrogen) atoms. The van der Waals surface area contributed by atoms with Crippen molar-refractivity contribution in [1.29, 1.82) is 0 Å². The van der Waals surface area contributed by atoms with Crippen LogP contribution in [0.25, 0.3) is 21.7 Å². The maximum absolute atomic E-state index is 14.9. The molecule has 0 unspecified atom stereocenters. The predicted octanol–water partition coefficient (Wildman–Crippen LogP) is 5.61. The van der Waals surface area contributed by atoms with Crippen LogP contribution in [0.3, 0.4) is 0 Å². The van der Waals surface area contributed by atoms with Crippen molar-refractivity contribution in [2.75, 3.05) is 50.9 Å². The molecule has 18 heteroatoms. The molecule has 0 spiro atoms. The Kier molecular flexibility index (Phi) is 16.0. The summed E-state index contributed by atoms with van der Waals surface area (Å²) in [6.45, 7) is 10.0. The van der Waals surface area contributed by atoms with Gasteiger partial charge in [0.25, 0.3) is 5.91 Å². The monoisotopic (exact) mass is 895 g/mol. The summed E-state index contributed by atoms with van der Waals surface area (Å²) < 4.78 is 40.0. The van der Waals surface area contributed by atoms with Crippen LogP contribution in [0.15, 0.2) is 47.3 Å². The number of amides is 4. The highest BCUT2D eigenvalue weighted by Gasteiger charge is 2.44. The Morgan fingerprint density at radius 2 is 1.73 bits per heavy atom. The van der Waals surface area contributed by atoms with Gasteiger partial charge < -0.3 is 40.3 Å². The number of hydrogen-bond acceptors (Lipinski definition) is 12. The van der Waals surface area contributed by atoms with Crippen molar-refractivity contribution in [3.63, 3.8) is 0 Å². The van der Waals surface area contributed by atoms with Gasteiger partial charge in [-0.3, -0.25) is 19.2 Å². The van der Waals surface area contributed by atoms with E-state index in [0.29, 0.717) is 64.2 Å². The van der Waals surface area contributed by atoms with Crippen LogP contribution in [-0.4, -0.2) is 108 Å². The molecule has 2 fully saturated rings. The molecular formula is C44H55F2N7O7S2. The molecule has 0 aliphatic carbocycles. The van der Waals surface area contributed by atoms with Gasteiger partial charge in [-0.15, -0.1) is 22.7 Å². The number of morpholine rings is 1. The number of unbranched alkanes of at least 4 members (excludes halogenated alkanes) is 3. The lowest BCUT2D eigenvalue weighted by Gasteiger charge is -2.35. The first-order chi connectivity index (χ1) is 29.7. The number of carbonyl (C=O) groups excluding carboxylic acids is 4. The largest absolute Gasteiger partial charge is 0.480 e. The van der Waals surface area contributed by atoms with Gasteiger partial charge in [-0.1, -0.05) is 57.9 Å². The van der Waals surface area contributed by atoms with Crippen LogP contribution in [0.5, 0.6) is 5.75 Å². The van der Waals surface area contributed by atoms with E-state index < -0.39 is 53.7 Å². The van der Waals surface area contributed by atoms with E-state index in [1.165, 1.54) is 22.3 Å². The summed E-state index contributed by atoms with van der Waals surface area (Å²) in [5.41, 5.74) is 4.66. The lowest BCUT2D eigenvalue weighted by atomic mass is 9.85. The van der Waals surface area contributed by atoms with Crippen molar-refractivity contribution in [1.82, 2.24) is 30.8 Å². The van der Waals surface area contributed by atoms with Crippen molar-refractivity contribution >= 4 is 51.4 Å². The zero-order chi connectivity index (χ0) is 44.4. The highest BCUT2D eigenvalue weighted by atomic mass is 32.1. The van der Waals surface area contributed by atoms with Crippen molar-refractivity contribution < 1.29 is 42.5 Å². The number of nitrogens with one attached hydrogen (secondary N) is 3. The average molecular weight is 896 g/mol. The molecule has 2 aliphatic rings. The molecule has 2 aromatic heterocycles. The maximum atomic E-state index is 14.9. The van der Waals surface area contributed by atoms with Crippen molar-refractivity contribution in [2.45, 2.75) is 91.0 Å². The quantitative estimate of drug-likeness (QED) is 0.0920. The SMILES string of the molecule is Cc1ncsc1-c1ccc(CNC(=O)[C@@H]2C[C@@H](O)CN2C(=O)[C@@H](NC(=O)CCCCCCNC(=O)COc2c(-c3csc(N4CCOCC4)n3)ccc(F)c2F)C(C)(C)C)cc1. The molecule has 2 aromatic carbocycles. The third-order valence-electron chi connectivity index (χ3n) is 10.8. The number of hydrogen-bond donors (Lipinski definition) is 4. The number of ether oxygens (including phenoxy) is 2. The smallest absolute Gasteiger partial charge is 0.257 e. The number of aryl methyl sites for hydroxylation is 1. The third-order valence-corrected chi connectivity index (χ3v) is 12.7. The Labute approximate surface area is 368 Å². The normalized spacial score (nSPS) is 17.1. The second kappa shape index (κ2) is 21.4. The number of anilines is 1. The number of rotatable bonds is 18. The molecule has 0 radical (unpaired) electrons. The summed E-state index contributed by atoms with van der Waals surface area (Å²) in [5.74, 6) is -4.28. The van der Waals surface area contributed by atoms with Crippen molar-refractivity contribution in [2.24, 2.45) is 5.41 Å². The molecule has 0 saturated carbocycles. The van der Waals surface area contributed by atoms with E-state index in [0.717, 1.165) is 32.9 Å². The van der Waals surface area contributed by atoms with Gasteiger partial charge in [-0.25, -0.2) is 14.4 Å². The standard InChI is InChI=1S/C44H55F2N7O7S2/c1-27-39(62-26-49-27)29-12-10-28(11-13-29)22-48-41(57)34-21-30(54)23-53(34)42(58)40(44(2,3)4)51-35(55)9-7-5-6-8-16-47-36(56)24-60-38-31(14-15-32(45)37(38)46)33-25-61-43(50-33)52-17-19-59-20-18-52/h10-15,25-26,30,34,40,54H,5-9,16-24H2,1-4H3,(H,47,56)(H,48,57)(H,51,55)/t30-,34+,40-/m1/s1. The molecule has 2 saturated heterocycles. The Morgan fingerprint density at radius 3 is 2.44 bits per heavy atom. The summed E-state index contributed by atoms with van der Waals surface area (Å²) in [6.07, 6.45) is 1.92. The van der Waals surface area contributed by atoms with E-state index in [2.05, 4.69) is 30.8 Å². The van der Waals surface area contributed by atoms with E-state index in [9.17, 15) is 33.1 Å². The second-order valence-corrected chi connectivity index (χ2v) is 18.3. The number of likely N-dealkylation sites (tertiary alicyclic amines) is 1. The lowest BCUT2D eigenvalue weighted by molar-refractivity contribution is -0.144.